The number of imidazole rings is 1. The number of amides is 3. The number of esters is 1. The lowest BCUT2D eigenvalue weighted by Crippen LogP contribution is -2.51. The van der Waals surface area contributed by atoms with Gasteiger partial charge in [0, 0.05) is 32.5 Å². The van der Waals surface area contributed by atoms with Crippen LogP contribution in [0.4, 0.5) is 4.79 Å². The molecule has 0 radical (unpaired) electrons. The predicted molar refractivity (Wildman–Crippen MR) is 151 cm³/mol. The number of benzene rings is 1. The Morgan fingerprint density at radius 2 is 1.88 bits per heavy atom. The van der Waals surface area contributed by atoms with Gasteiger partial charge in [0.25, 0.3) is 0 Å². The van der Waals surface area contributed by atoms with Gasteiger partial charge in [0.15, 0.2) is 5.96 Å². The molecule has 0 bridgehead atoms. The maximum atomic E-state index is 12.7. The Morgan fingerprint density at radius 3 is 2.55 bits per heavy atom. The number of alkyl carbamates (subject to hydrolysis) is 1. The highest BCUT2D eigenvalue weighted by Crippen LogP contribution is 2.14. The van der Waals surface area contributed by atoms with Crippen molar-refractivity contribution in [3.8, 4) is 5.88 Å². The van der Waals surface area contributed by atoms with Crippen LogP contribution in [0.5, 0.6) is 5.88 Å². The summed E-state index contributed by atoms with van der Waals surface area (Å²) in [5.41, 5.74) is -0.812. The van der Waals surface area contributed by atoms with Crippen LogP contribution >= 0.6 is 0 Å². The van der Waals surface area contributed by atoms with E-state index in [9.17, 15) is 29.1 Å². The van der Waals surface area contributed by atoms with Gasteiger partial charge in [-0.15, -0.1) is 0 Å². The third kappa shape index (κ3) is 10.3. The number of nitrogens with one attached hydrogen (secondary N) is 5. The lowest BCUT2D eigenvalue weighted by Gasteiger charge is -2.24. The highest BCUT2D eigenvalue weighted by molar-refractivity contribution is 5.97. The number of aromatic hydroxyl groups is 1. The molecule has 3 amide bonds. The number of guanidine groups is 1. The molecule has 15 nitrogen and oxygen atoms in total. The number of aromatic nitrogens is 2. The second-order valence-corrected chi connectivity index (χ2v) is 10.5. The molecule has 0 unspecified atom stereocenters. The molecule has 2 aromatic rings. The zero-order valence-electron chi connectivity index (χ0n) is 23.8. The van der Waals surface area contributed by atoms with Crippen LogP contribution in [0.15, 0.2) is 40.1 Å². The van der Waals surface area contributed by atoms with Crippen LogP contribution in [0, 0.1) is 0 Å². The number of H-pyrrole nitrogens is 1. The molecule has 0 spiro atoms. The minimum atomic E-state index is -1.30. The molecular formula is C27H37N7O8. The lowest BCUT2D eigenvalue weighted by molar-refractivity contribution is -0.157. The van der Waals surface area contributed by atoms with Crippen LogP contribution in [0.2, 0.25) is 0 Å². The summed E-state index contributed by atoms with van der Waals surface area (Å²) in [5.74, 6) is -2.03. The quantitative estimate of drug-likeness (QED) is 0.196. The fourth-order valence-corrected chi connectivity index (χ4v) is 3.77. The number of hydrogen-bond donors (Lipinski definition) is 6. The molecule has 1 aliphatic heterocycles. The number of hydrogen-bond acceptors (Lipinski definition) is 10. The van der Waals surface area contributed by atoms with Crippen molar-refractivity contribution in [3.63, 3.8) is 0 Å². The van der Waals surface area contributed by atoms with Gasteiger partial charge in [0.05, 0.1) is 5.69 Å². The second kappa shape index (κ2) is 14.7. The molecule has 0 fully saturated rings. The van der Waals surface area contributed by atoms with Crippen molar-refractivity contribution in [2.45, 2.75) is 64.8 Å². The van der Waals surface area contributed by atoms with E-state index in [2.05, 4.69) is 31.2 Å². The Hall–Kier alpha value is -4.82. The van der Waals surface area contributed by atoms with E-state index in [4.69, 9.17) is 9.47 Å². The van der Waals surface area contributed by atoms with E-state index in [1.54, 1.807) is 45.0 Å². The standard InChI is InChI=1S/C27H37N7O8/c1-27(2,3)42-23(38)19(32-26(40)41-16-17-8-5-4-6-9-17)14-30-21(36)15-34-22(37)18(31-25(34)39)10-11-20(35)33-24-28-12-7-13-29-24/h4-6,8-9,19,37H,7,10-16H2,1-3H3,(H,30,36)(H,31,39)(H,32,40)(H2,28,29,33,35)/t19-/m0/s1. The van der Waals surface area contributed by atoms with Crippen molar-refractivity contribution in [2.24, 2.45) is 4.99 Å². The number of ether oxygens (including phenoxy) is 2. The summed E-state index contributed by atoms with van der Waals surface area (Å²) in [7, 11) is 0. The molecule has 1 aliphatic rings. The summed E-state index contributed by atoms with van der Waals surface area (Å²) in [6.07, 6.45) is -0.0765. The molecule has 6 N–H and O–H groups in total. The van der Waals surface area contributed by atoms with Crippen LogP contribution in [0.25, 0.3) is 0 Å². The maximum absolute atomic E-state index is 12.7. The number of rotatable bonds is 11. The summed E-state index contributed by atoms with van der Waals surface area (Å²) in [6, 6.07) is 7.62. The van der Waals surface area contributed by atoms with E-state index < -0.39 is 47.7 Å². The number of carbonyl (C=O) groups excluding carboxylic acids is 4. The first-order valence-corrected chi connectivity index (χ1v) is 13.5. The van der Waals surface area contributed by atoms with Crippen molar-refractivity contribution in [2.75, 3.05) is 19.6 Å². The molecule has 0 saturated carbocycles. The average Bonchev–Trinajstić information content (AvgIpc) is 3.20. The smallest absolute Gasteiger partial charge is 0.408 e. The Morgan fingerprint density at radius 1 is 1.14 bits per heavy atom. The first-order valence-electron chi connectivity index (χ1n) is 13.5. The Balaban J connectivity index is 1.55. The van der Waals surface area contributed by atoms with Crippen LogP contribution < -0.4 is 27.0 Å². The first kappa shape index (κ1) is 31.7. The van der Waals surface area contributed by atoms with Crippen molar-refractivity contribution in [1.29, 1.82) is 0 Å². The molecule has 228 valence electrons. The monoisotopic (exact) mass is 587 g/mol. The molecule has 42 heavy (non-hydrogen) atoms. The van der Waals surface area contributed by atoms with E-state index in [1.165, 1.54) is 0 Å². The molecule has 1 aromatic heterocycles. The van der Waals surface area contributed by atoms with Gasteiger partial charge >= 0.3 is 17.8 Å². The summed E-state index contributed by atoms with van der Waals surface area (Å²) in [6.45, 7) is 5.25. The van der Waals surface area contributed by atoms with E-state index in [1.807, 2.05) is 6.07 Å². The minimum Gasteiger partial charge on any atom is -0.493 e. The van der Waals surface area contributed by atoms with Crippen molar-refractivity contribution in [3.05, 3.63) is 52.1 Å². The Labute approximate surface area is 242 Å². The molecule has 1 atom stereocenters. The fourth-order valence-electron chi connectivity index (χ4n) is 3.77. The SMILES string of the molecule is CC(C)(C)OC(=O)[C@H](CNC(=O)Cn1c(O)c(CCC(=O)NC2=NCCCN2)[nH]c1=O)NC(=O)OCc1ccccc1. The number of aromatic amines is 1. The zero-order valence-corrected chi connectivity index (χ0v) is 23.8. The zero-order chi connectivity index (χ0) is 30.7. The molecule has 1 aromatic carbocycles. The highest BCUT2D eigenvalue weighted by atomic mass is 16.6. The van der Waals surface area contributed by atoms with Gasteiger partial charge in [-0.05, 0) is 32.8 Å². The Bertz CT molecular complexity index is 1340. The van der Waals surface area contributed by atoms with Crippen LogP contribution in [0.3, 0.4) is 0 Å². The third-order valence-electron chi connectivity index (χ3n) is 5.79. The number of aliphatic imine (C=N–C) groups is 1. The predicted octanol–water partition coefficient (Wildman–Crippen LogP) is 0.0330. The van der Waals surface area contributed by atoms with Gasteiger partial charge in [0.1, 0.15) is 24.8 Å². The molecule has 2 heterocycles. The summed E-state index contributed by atoms with van der Waals surface area (Å²) >= 11 is 0. The molecule has 15 heteroatoms. The van der Waals surface area contributed by atoms with Gasteiger partial charge in [-0.3, -0.25) is 24.5 Å². The van der Waals surface area contributed by atoms with Gasteiger partial charge in [-0.2, -0.15) is 0 Å². The van der Waals surface area contributed by atoms with E-state index in [-0.39, 0.29) is 37.6 Å². The lowest BCUT2D eigenvalue weighted by atomic mass is 10.2. The maximum Gasteiger partial charge on any atom is 0.408 e. The van der Waals surface area contributed by atoms with E-state index in [0.29, 0.717) is 19.0 Å². The summed E-state index contributed by atoms with van der Waals surface area (Å²) < 4.78 is 11.3. The first-order chi connectivity index (χ1) is 19.9. The number of nitrogens with zero attached hydrogens (tertiary/aromatic N) is 2. The fraction of sp³-hybridized carbons (Fsp3) is 0.481. The average molecular weight is 588 g/mol. The molecule has 0 saturated heterocycles. The van der Waals surface area contributed by atoms with Crippen molar-refractivity contribution < 1.29 is 33.8 Å². The van der Waals surface area contributed by atoms with E-state index >= 15 is 0 Å². The van der Waals surface area contributed by atoms with Gasteiger partial charge in [-0.25, -0.2) is 14.4 Å². The number of aryl methyl sites for hydroxylation is 1. The van der Waals surface area contributed by atoms with E-state index in [0.717, 1.165) is 16.6 Å². The van der Waals surface area contributed by atoms with Crippen molar-refractivity contribution >= 4 is 29.8 Å². The van der Waals surface area contributed by atoms with Gasteiger partial charge < -0.3 is 35.5 Å². The highest BCUT2D eigenvalue weighted by Gasteiger charge is 2.28. The normalized spacial score (nSPS) is 13.6. The van der Waals surface area contributed by atoms with Crippen molar-refractivity contribution in [1.82, 2.24) is 30.8 Å². The topological polar surface area (TPSA) is 205 Å². The Kier molecular flexibility index (Phi) is 11.1. The largest absolute Gasteiger partial charge is 0.493 e. The minimum absolute atomic E-state index is 0.00450. The molecular weight excluding hydrogens is 550 g/mol. The van der Waals surface area contributed by atoms with Gasteiger partial charge in [0.2, 0.25) is 17.7 Å². The van der Waals surface area contributed by atoms with Crippen LogP contribution in [0.1, 0.15) is 44.9 Å². The van der Waals surface area contributed by atoms with Crippen LogP contribution in [-0.4, -0.2) is 75.8 Å². The summed E-state index contributed by atoms with van der Waals surface area (Å²) in [5, 5.41) is 20.9. The van der Waals surface area contributed by atoms with Crippen LogP contribution in [-0.2, 0) is 43.4 Å². The molecule has 3 rings (SSSR count). The van der Waals surface area contributed by atoms with Gasteiger partial charge in [-0.1, -0.05) is 30.3 Å². The summed E-state index contributed by atoms with van der Waals surface area (Å²) in [4.78, 5) is 68.9. The molecule has 0 aliphatic carbocycles. The third-order valence-corrected chi connectivity index (χ3v) is 5.79. The number of carbonyl (C=O) groups is 4. The second-order valence-electron chi connectivity index (χ2n) is 10.5.